The van der Waals surface area contributed by atoms with Gasteiger partial charge in [0.1, 0.15) is 17.4 Å². The van der Waals surface area contributed by atoms with Crippen LogP contribution in [0.3, 0.4) is 0 Å². The van der Waals surface area contributed by atoms with E-state index in [2.05, 4.69) is 38.3 Å². The fraction of sp³-hybridized carbons (Fsp3) is 0.737. The van der Waals surface area contributed by atoms with E-state index >= 15 is 0 Å². The van der Waals surface area contributed by atoms with Crippen LogP contribution in [0.25, 0.3) is 0 Å². The zero-order valence-electron chi connectivity index (χ0n) is 30.9. The quantitative estimate of drug-likeness (QED) is 0.217. The summed E-state index contributed by atoms with van der Waals surface area (Å²) in [5.74, 6) is -1.41. The van der Waals surface area contributed by atoms with Crippen molar-refractivity contribution in [2.24, 2.45) is 11.8 Å². The minimum absolute atomic E-state index is 0.0385. The number of ketones is 1. The number of Topliss-reactive ketones (excluding diaryl/α,β-unsaturated/α-hetero) is 1. The van der Waals surface area contributed by atoms with E-state index in [-0.39, 0.29) is 36.1 Å². The molecule has 3 fully saturated rings. The monoisotopic (exact) mass is 665 g/mol. The molecule has 0 spiro atoms. The average Bonchev–Trinajstić information content (AvgIpc) is 3.82. The third-order valence-corrected chi connectivity index (χ3v) is 8.27. The van der Waals surface area contributed by atoms with E-state index in [9.17, 15) is 28.0 Å². The number of halogens is 2. The van der Waals surface area contributed by atoms with Crippen molar-refractivity contribution in [1.29, 1.82) is 0 Å². The summed E-state index contributed by atoms with van der Waals surface area (Å²) >= 11 is 0. The maximum absolute atomic E-state index is 14.4. The Labute approximate surface area is 284 Å². The van der Waals surface area contributed by atoms with Crippen LogP contribution in [0.5, 0.6) is 0 Å². The predicted molar refractivity (Wildman–Crippen MR) is 189 cm³/mol. The highest BCUT2D eigenvalue weighted by Crippen LogP contribution is 2.34. The second-order valence-corrected chi connectivity index (χ2v) is 12.7. The van der Waals surface area contributed by atoms with Crippen molar-refractivity contribution >= 4 is 29.2 Å². The number of piperidine rings is 1. The Balaban J connectivity index is 0.000000750. The Bertz CT molecular complexity index is 1040. The van der Waals surface area contributed by atoms with Crippen LogP contribution in [0.1, 0.15) is 157 Å². The summed E-state index contributed by atoms with van der Waals surface area (Å²) < 4.78 is 28.8. The lowest BCUT2D eigenvalue weighted by molar-refractivity contribution is -0.134. The van der Waals surface area contributed by atoms with Crippen LogP contribution in [0.4, 0.5) is 14.5 Å². The lowest BCUT2D eigenvalue weighted by Crippen LogP contribution is -2.59. The van der Waals surface area contributed by atoms with Gasteiger partial charge in [0.15, 0.2) is 0 Å². The number of nitrogens with zero attached hydrogens (tertiary/aromatic N) is 1. The molecule has 0 bridgehead atoms. The van der Waals surface area contributed by atoms with E-state index in [1.54, 1.807) is 11.8 Å². The highest BCUT2D eigenvalue weighted by atomic mass is 19.1. The number of amides is 3. The van der Waals surface area contributed by atoms with Crippen LogP contribution in [0, 0.1) is 23.5 Å². The van der Waals surface area contributed by atoms with Crippen molar-refractivity contribution in [1.82, 2.24) is 10.6 Å². The summed E-state index contributed by atoms with van der Waals surface area (Å²) in [4.78, 5) is 45.7. The second kappa shape index (κ2) is 25.2. The van der Waals surface area contributed by atoms with Gasteiger partial charge in [-0.25, -0.2) is 8.78 Å². The third kappa shape index (κ3) is 18.3. The molecule has 3 aliphatic rings. The lowest BCUT2D eigenvalue weighted by Gasteiger charge is -2.41. The molecular weight excluding hydrogens is 600 g/mol. The number of benzene rings is 1. The highest BCUT2D eigenvalue weighted by Gasteiger charge is 2.34. The van der Waals surface area contributed by atoms with Gasteiger partial charge in [0, 0.05) is 44.1 Å². The molecule has 2 N–H and O–H groups in total. The maximum Gasteiger partial charge on any atom is 0.234 e. The molecule has 2 aliphatic heterocycles. The third-order valence-electron chi connectivity index (χ3n) is 8.27. The number of hydrogen-bond donors (Lipinski definition) is 2. The summed E-state index contributed by atoms with van der Waals surface area (Å²) in [6.45, 7) is 19.1. The molecule has 2 heterocycles. The SMILES string of the molecule is CC.CC(=O)NC1CN(c2cc(F)c(C3CCC(=O)NC3=O)c(F)c2)C1.CCCC(C)=O.CCCC(CC)CCC.CCCC1CC1. The predicted octanol–water partition coefficient (Wildman–Crippen LogP) is 9.02. The molecule has 1 aromatic carbocycles. The fourth-order valence-electron chi connectivity index (χ4n) is 5.66. The number of rotatable bonds is 12. The zero-order chi connectivity index (χ0) is 35.9. The molecule has 2 saturated heterocycles. The molecule has 3 amide bonds. The van der Waals surface area contributed by atoms with Crippen LogP contribution in [0.15, 0.2) is 12.1 Å². The molecule has 9 heteroatoms. The van der Waals surface area contributed by atoms with Gasteiger partial charge in [0.05, 0.1) is 12.0 Å². The molecular formula is C38H65F2N3O4. The minimum Gasteiger partial charge on any atom is -0.367 e. The van der Waals surface area contributed by atoms with Crippen LogP contribution in [-0.4, -0.2) is 42.6 Å². The first-order valence-corrected chi connectivity index (χ1v) is 18.2. The molecule has 47 heavy (non-hydrogen) atoms. The van der Waals surface area contributed by atoms with Gasteiger partial charge in [-0.3, -0.25) is 19.7 Å². The summed E-state index contributed by atoms with van der Waals surface area (Å²) in [6.07, 6.45) is 14.8. The van der Waals surface area contributed by atoms with E-state index in [0.717, 1.165) is 24.7 Å². The van der Waals surface area contributed by atoms with Gasteiger partial charge in [-0.1, -0.05) is 106 Å². The van der Waals surface area contributed by atoms with E-state index in [4.69, 9.17) is 0 Å². The first-order chi connectivity index (χ1) is 22.4. The highest BCUT2D eigenvalue weighted by molar-refractivity contribution is 6.01. The number of hydrogen-bond acceptors (Lipinski definition) is 5. The smallest absolute Gasteiger partial charge is 0.234 e. The largest absolute Gasteiger partial charge is 0.367 e. The standard InChI is InChI=1S/C16H17F2N3O3.C9H20.C6H12.C5H10O.C2H6/c1-8(22)19-9-6-21(7-9)10-4-12(17)15(13(18)5-10)11-2-3-14(23)20-16(11)24;1-4-7-9(6-3)8-5-2;1-2-3-6-4-5-6;1-3-4-5(2)6;1-2/h4-5,9,11H,2-3,6-7H2,1H3,(H,19,22)(H,20,23,24);9H,4-8H2,1-3H3;6H,2-5H2,1H3;3-4H2,1-2H3;1-2H3. The molecule has 4 rings (SSSR count). The van der Waals surface area contributed by atoms with Gasteiger partial charge in [-0.05, 0) is 43.7 Å². The molecule has 1 unspecified atom stereocenters. The molecule has 1 atom stereocenters. The first kappa shape index (κ1) is 44.2. The molecule has 0 radical (unpaired) electrons. The van der Waals surface area contributed by atoms with Crippen molar-refractivity contribution in [3.05, 3.63) is 29.3 Å². The number of carbonyl (C=O) groups excluding carboxylic acids is 4. The van der Waals surface area contributed by atoms with Gasteiger partial charge >= 0.3 is 0 Å². The van der Waals surface area contributed by atoms with Gasteiger partial charge in [-0.2, -0.15) is 0 Å². The van der Waals surface area contributed by atoms with Crippen molar-refractivity contribution in [3.8, 4) is 0 Å². The zero-order valence-corrected chi connectivity index (χ0v) is 30.9. The second-order valence-electron chi connectivity index (χ2n) is 12.7. The lowest BCUT2D eigenvalue weighted by atomic mass is 9.89. The van der Waals surface area contributed by atoms with Gasteiger partial charge < -0.3 is 15.0 Å². The normalized spacial score (nSPS) is 16.9. The van der Waals surface area contributed by atoms with Crippen LogP contribution in [0.2, 0.25) is 0 Å². The molecule has 1 saturated carbocycles. The number of anilines is 1. The number of imide groups is 1. The van der Waals surface area contributed by atoms with Crippen molar-refractivity contribution in [2.45, 2.75) is 158 Å². The molecule has 7 nitrogen and oxygen atoms in total. The summed E-state index contributed by atoms with van der Waals surface area (Å²) in [7, 11) is 0. The average molecular weight is 666 g/mol. The number of carbonyl (C=O) groups is 4. The van der Waals surface area contributed by atoms with Gasteiger partial charge in [-0.15, -0.1) is 0 Å². The topological polar surface area (TPSA) is 95.6 Å². The minimum atomic E-state index is -1.000. The Morgan fingerprint density at radius 1 is 0.894 bits per heavy atom. The molecule has 0 aromatic heterocycles. The Hall–Kier alpha value is -2.84. The van der Waals surface area contributed by atoms with E-state index in [1.807, 2.05) is 20.8 Å². The number of nitrogens with one attached hydrogen (secondary N) is 2. The van der Waals surface area contributed by atoms with E-state index in [0.29, 0.717) is 18.8 Å². The van der Waals surface area contributed by atoms with Crippen LogP contribution < -0.4 is 15.5 Å². The summed E-state index contributed by atoms with van der Waals surface area (Å²) in [6, 6.07) is 2.33. The van der Waals surface area contributed by atoms with Crippen molar-refractivity contribution in [3.63, 3.8) is 0 Å². The molecule has 1 aromatic rings. The maximum atomic E-state index is 14.4. The Morgan fingerprint density at radius 3 is 1.79 bits per heavy atom. The van der Waals surface area contributed by atoms with Crippen LogP contribution >= 0.6 is 0 Å². The van der Waals surface area contributed by atoms with Gasteiger partial charge in [0.25, 0.3) is 0 Å². The fourth-order valence-corrected chi connectivity index (χ4v) is 5.66. The Morgan fingerprint density at radius 2 is 1.45 bits per heavy atom. The summed E-state index contributed by atoms with van der Waals surface area (Å²) in [5, 5.41) is 4.83. The molecule has 1 aliphatic carbocycles. The summed E-state index contributed by atoms with van der Waals surface area (Å²) in [5.41, 5.74) is 0.0605. The Kier molecular flexibility index (Phi) is 23.7. The van der Waals surface area contributed by atoms with E-state index < -0.39 is 29.4 Å². The van der Waals surface area contributed by atoms with Gasteiger partial charge in [0.2, 0.25) is 17.7 Å². The molecule has 270 valence electrons. The van der Waals surface area contributed by atoms with Crippen LogP contribution in [-0.2, 0) is 19.2 Å². The first-order valence-electron chi connectivity index (χ1n) is 18.2. The van der Waals surface area contributed by atoms with E-state index in [1.165, 1.54) is 76.8 Å². The van der Waals surface area contributed by atoms with Crippen molar-refractivity contribution < 1.29 is 28.0 Å². The van der Waals surface area contributed by atoms with Crippen molar-refractivity contribution in [2.75, 3.05) is 18.0 Å².